The van der Waals surface area contributed by atoms with Gasteiger partial charge in [0.2, 0.25) is 6.54 Å². The zero-order valence-corrected chi connectivity index (χ0v) is 18.4. The van der Waals surface area contributed by atoms with Gasteiger partial charge in [-0.3, -0.25) is 4.98 Å². The van der Waals surface area contributed by atoms with Crippen LogP contribution in [0.25, 0.3) is 26.2 Å². The molecule has 0 spiro atoms. The Bertz CT molecular complexity index is 1060. The van der Waals surface area contributed by atoms with Crippen molar-refractivity contribution in [2.24, 2.45) is 5.92 Å². The minimum atomic E-state index is 0.512. The Morgan fingerprint density at radius 2 is 1.86 bits per heavy atom. The van der Waals surface area contributed by atoms with E-state index in [9.17, 15) is 0 Å². The summed E-state index contributed by atoms with van der Waals surface area (Å²) >= 11 is 20.7. The second kappa shape index (κ2) is 8.08. The fraction of sp³-hybridized carbons (Fsp3) is 0.333. The monoisotopic (exact) mass is 449 g/mol. The molecule has 1 aromatic carbocycles. The van der Waals surface area contributed by atoms with Crippen molar-refractivity contribution in [1.82, 2.24) is 4.98 Å². The first-order valence-corrected chi connectivity index (χ1v) is 11.1. The third-order valence-corrected chi connectivity index (χ3v) is 7.02. The van der Waals surface area contributed by atoms with Gasteiger partial charge in [-0.15, -0.1) is 11.3 Å². The first kappa shape index (κ1) is 19.8. The van der Waals surface area contributed by atoms with E-state index in [1.54, 1.807) is 23.5 Å². The molecule has 3 nitrogen and oxygen atoms in total. The molecule has 28 heavy (non-hydrogen) atoms. The predicted octanol–water partition coefficient (Wildman–Crippen LogP) is 7.37. The van der Waals surface area contributed by atoms with Crippen molar-refractivity contribution in [2.75, 3.05) is 24.5 Å². The first-order valence-electron chi connectivity index (χ1n) is 9.10. The number of nitrogens with zero attached hydrogens (tertiary/aromatic N) is 3. The van der Waals surface area contributed by atoms with Gasteiger partial charge in [0, 0.05) is 46.2 Å². The van der Waals surface area contributed by atoms with Crippen molar-refractivity contribution in [1.29, 1.82) is 0 Å². The molecule has 0 amide bonds. The zero-order chi connectivity index (χ0) is 19.8. The van der Waals surface area contributed by atoms with Crippen molar-refractivity contribution in [3.8, 4) is 11.1 Å². The van der Waals surface area contributed by atoms with E-state index in [1.165, 1.54) is 5.69 Å². The van der Waals surface area contributed by atoms with Crippen LogP contribution in [0.15, 0.2) is 23.6 Å². The lowest BCUT2D eigenvalue weighted by atomic mass is 9.96. The Kier molecular flexibility index (Phi) is 5.71. The molecule has 1 saturated heterocycles. The van der Waals surface area contributed by atoms with Crippen LogP contribution in [0, 0.1) is 19.4 Å². The highest BCUT2D eigenvalue weighted by Crippen LogP contribution is 2.45. The Morgan fingerprint density at radius 1 is 1.18 bits per heavy atom. The second-order valence-corrected chi connectivity index (χ2v) is 9.26. The number of pyridine rings is 1. The van der Waals surface area contributed by atoms with E-state index in [0.717, 1.165) is 53.0 Å². The summed E-state index contributed by atoms with van der Waals surface area (Å²) in [5.41, 5.74) is 4.82. The highest BCUT2D eigenvalue weighted by molar-refractivity contribution is 7.18. The summed E-state index contributed by atoms with van der Waals surface area (Å²) in [4.78, 5) is 10.8. The topological polar surface area (TPSA) is 20.5 Å². The number of anilines is 1. The summed E-state index contributed by atoms with van der Waals surface area (Å²) in [6.07, 6.45) is 2.11. The average Bonchev–Trinajstić information content (AvgIpc) is 3.05. The summed E-state index contributed by atoms with van der Waals surface area (Å²) in [6, 6.07) is 5.59. The molecule has 3 heterocycles. The summed E-state index contributed by atoms with van der Waals surface area (Å²) in [5.74, 6) is 0.512. The maximum Gasteiger partial charge on any atom is 0.217 e. The SMILES string of the molecule is [C-]#[N+]CC1CCN(c2cc(C)nc3c(-c4c(Cl)cc(Cl)cc4Cl)csc23)CC1. The van der Waals surface area contributed by atoms with Gasteiger partial charge in [-0.2, -0.15) is 0 Å². The van der Waals surface area contributed by atoms with Crippen LogP contribution in [0.2, 0.25) is 15.1 Å². The minimum Gasteiger partial charge on any atom is -0.370 e. The van der Waals surface area contributed by atoms with Gasteiger partial charge in [0.1, 0.15) is 0 Å². The normalized spacial score (nSPS) is 15.2. The maximum atomic E-state index is 7.10. The number of thiophene rings is 1. The van der Waals surface area contributed by atoms with Crippen LogP contribution in [0.5, 0.6) is 0 Å². The van der Waals surface area contributed by atoms with Crippen LogP contribution in [0.3, 0.4) is 0 Å². The van der Waals surface area contributed by atoms with Crippen molar-refractivity contribution >= 4 is 62.0 Å². The third kappa shape index (κ3) is 3.69. The molecule has 0 atom stereocenters. The van der Waals surface area contributed by atoms with Gasteiger partial charge in [-0.1, -0.05) is 34.8 Å². The molecule has 1 aliphatic heterocycles. The first-order chi connectivity index (χ1) is 13.5. The number of halogens is 3. The van der Waals surface area contributed by atoms with Gasteiger partial charge < -0.3 is 9.74 Å². The molecule has 2 aromatic heterocycles. The lowest BCUT2D eigenvalue weighted by Gasteiger charge is -2.32. The van der Waals surface area contributed by atoms with E-state index in [2.05, 4.69) is 21.2 Å². The lowest BCUT2D eigenvalue weighted by molar-refractivity contribution is 0.431. The molecule has 144 valence electrons. The number of hydrogen-bond acceptors (Lipinski definition) is 3. The molecule has 0 N–H and O–H groups in total. The van der Waals surface area contributed by atoms with Crippen molar-refractivity contribution in [3.63, 3.8) is 0 Å². The third-order valence-electron chi connectivity index (χ3n) is 5.21. The van der Waals surface area contributed by atoms with Crippen LogP contribution in [0.4, 0.5) is 5.69 Å². The van der Waals surface area contributed by atoms with Gasteiger partial charge >= 0.3 is 0 Å². The fourth-order valence-corrected chi connectivity index (χ4v) is 5.88. The summed E-state index contributed by atoms with van der Waals surface area (Å²) in [6.45, 7) is 11.7. The number of hydrogen-bond donors (Lipinski definition) is 0. The van der Waals surface area contributed by atoms with E-state index >= 15 is 0 Å². The maximum absolute atomic E-state index is 7.10. The zero-order valence-electron chi connectivity index (χ0n) is 15.3. The van der Waals surface area contributed by atoms with Gasteiger partial charge in [0.15, 0.2) is 0 Å². The second-order valence-electron chi connectivity index (χ2n) is 7.13. The number of aryl methyl sites for hydroxylation is 1. The van der Waals surface area contributed by atoms with E-state index in [1.807, 2.05) is 6.92 Å². The Hall–Kier alpha value is -1.51. The number of benzene rings is 1. The van der Waals surface area contributed by atoms with Crippen molar-refractivity contribution < 1.29 is 0 Å². The highest BCUT2D eigenvalue weighted by atomic mass is 35.5. The predicted molar refractivity (Wildman–Crippen MR) is 121 cm³/mol. The van der Waals surface area contributed by atoms with Crippen LogP contribution in [-0.4, -0.2) is 24.6 Å². The molecular formula is C21H18Cl3N3S. The van der Waals surface area contributed by atoms with Crippen LogP contribution < -0.4 is 4.90 Å². The molecule has 1 aliphatic rings. The largest absolute Gasteiger partial charge is 0.370 e. The summed E-state index contributed by atoms with van der Waals surface area (Å²) < 4.78 is 1.14. The Morgan fingerprint density at radius 3 is 2.50 bits per heavy atom. The van der Waals surface area contributed by atoms with E-state index in [-0.39, 0.29) is 0 Å². The number of piperidine rings is 1. The fourth-order valence-electron chi connectivity index (χ4n) is 3.81. The number of fused-ring (bicyclic) bond motifs is 1. The Labute approximate surface area is 183 Å². The minimum absolute atomic E-state index is 0.512. The molecule has 0 bridgehead atoms. The van der Waals surface area contributed by atoms with Crippen molar-refractivity contribution in [2.45, 2.75) is 19.8 Å². The molecule has 1 fully saturated rings. The molecule has 0 aliphatic carbocycles. The summed E-state index contributed by atoms with van der Waals surface area (Å²) in [7, 11) is 0. The number of rotatable bonds is 3. The molecular weight excluding hydrogens is 433 g/mol. The van der Waals surface area contributed by atoms with Crippen LogP contribution in [-0.2, 0) is 0 Å². The summed E-state index contributed by atoms with van der Waals surface area (Å²) in [5, 5.41) is 3.65. The van der Waals surface area contributed by atoms with Crippen LogP contribution in [0.1, 0.15) is 18.5 Å². The van der Waals surface area contributed by atoms with Gasteiger partial charge in [0.05, 0.1) is 25.9 Å². The lowest BCUT2D eigenvalue weighted by Crippen LogP contribution is -2.34. The molecule has 4 rings (SSSR count). The van der Waals surface area contributed by atoms with Gasteiger partial charge in [-0.25, -0.2) is 6.57 Å². The average molecular weight is 451 g/mol. The molecule has 0 unspecified atom stereocenters. The van der Waals surface area contributed by atoms with Gasteiger partial charge in [0.25, 0.3) is 0 Å². The number of aromatic nitrogens is 1. The van der Waals surface area contributed by atoms with Crippen LogP contribution >= 0.6 is 46.1 Å². The highest BCUT2D eigenvalue weighted by Gasteiger charge is 2.24. The van der Waals surface area contributed by atoms with Gasteiger partial charge in [-0.05, 0) is 38.0 Å². The molecule has 3 aromatic rings. The molecule has 0 radical (unpaired) electrons. The van der Waals surface area contributed by atoms with E-state index in [0.29, 0.717) is 27.5 Å². The molecule has 7 heteroatoms. The van der Waals surface area contributed by atoms with E-state index in [4.69, 9.17) is 46.4 Å². The quantitative estimate of drug-likeness (QED) is 0.388. The molecule has 0 saturated carbocycles. The van der Waals surface area contributed by atoms with Crippen molar-refractivity contribution in [3.05, 3.63) is 55.8 Å². The Balaban J connectivity index is 1.77. The smallest absolute Gasteiger partial charge is 0.217 e. The van der Waals surface area contributed by atoms with E-state index < -0.39 is 0 Å². The standard InChI is InChI=1S/C21H18Cl3N3S/c1-12-7-18(27-5-3-13(4-6-27)10-25-2)21-20(26-12)15(11-28-21)19-16(23)8-14(22)9-17(19)24/h7-9,11,13H,3-6,10H2,1H3.